The molecule has 0 bridgehead atoms. The molecule has 1 unspecified atom stereocenters. The van der Waals surface area contributed by atoms with E-state index in [-0.39, 0.29) is 60.6 Å². The van der Waals surface area contributed by atoms with Gasteiger partial charge < -0.3 is 33.9 Å². The molecule has 0 spiro atoms. The summed E-state index contributed by atoms with van der Waals surface area (Å²) < 4.78 is 39.4. The maximum absolute atomic E-state index is 13.8. The van der Waals surface area contributed by atoms with Crippen LogP contribution in [0.4, 0.5) is 0 Å². The Hall–Kier alpha value is -3.96. The number of hydrogen-bond donors (Lipinski definition) is 2. The molecule has 2 N–H and O–H groups in total. The van der Waals surface area contributed by atoms with Gasteiger partial charge in [0.1, 0.15) is 15.5 Å². The summed E-state index contributed by atoms with van der Waals surface area (Å²) >= 11 is 0. The van der Waals surface area contributed by atoms with E-state index >= 15 is 0 Å². The number of pyridine rings is 2. The second kappa shape index (κ2) is 9.27. The van der Waals surface area contributed by atoms with E-state index in [1.54, 1.807) is 25.1 Å². The van der Waals surface area contributed by atoms with Crippen LogP contribution in [0.3, 0.4) is 0 Å². The first-order valence-electron chi connectivity index (χ1n) is 15.2. The number of ether oxygens (including phenoxy) is 4. The number of nitrogens with zero attached hydrogens (tertiary/aromatic N) is 2. The van der Waals surface area contributed by atoms with Gasteiger partial charge in [-0.15, -0.1) is 0 Å². The molecule has 3 aromatic rings. The number of nitrogens with one attached hydrogen (secondary N) is 1. The summed E-state index contributed by atoms with van der Waals surface area (Å²) in [6.45, 7) is 4.98. The minimum Gasteiger partial charge on any atom is -0.458 e. The third-order valence-electron chi connectivity index (χ3n) is 8.40. The number of amides is 1. The first kappa shape index (κ1) is 24.6. The predicted octanol–water partition coefficient (Wildman–Crippen LogP) is 3.02. The molecule has 2 aromatic heterocycles. The molecule has 5 heterocycles. The molecule has 1 aromatic carbocycles. The highest BCUT2D eigenvalue weighted by Crippen LogP contribution is 2.43. The van der Waals surface area contributed by atoms with Crippen molar-refractivity contribution in [2.45, 2.75) is 84.0 Å². The Morgan fingerprint density at radius 1 is 1.21 bits per heavy atom. The largest absolute Gasteiger partial charge is 0.458 e. The zero-order chi connectivity index (χ0) is 31.3. The quantitative estimate of drug-likeness (QED) is 0.331. The summed E-state index contributed by atoms with van der Waals surface area (Å²) in [5, 5.41) is 14.9. The second-order valence-corrected chi connectivity index (χ2v) is 12.3. The lowest BCUT2D eigenvalue weighted by Crippen LogP contribution is -2.44. The highest BCUT2D eigenvalue weighted by atomic mass is 16.7. The Balaban J connectivity index is 1.36. The molecule has 1 aliphatic carbocycles. The van der Waals surface area contributed by atoms with Gasteiger partial charge in [-0.3, -0.25) is 9.59 Å². The van der Waals surface area contributed by atoms with Gasteiger partial charge in [-0.2, -0.15) is 0 Å². The minimum absolute atomic E-state index is 0.0152. The van der Waals surface area contributed by atoms with Crippen LogP contribution in [-0.2, 0) is 44.4 Å². The second-order valence-electron chi connectivity index (χ2n) is 12.3. The van der Waals surface area contributed by atoms with Gasteiger partial charge in [-0.1, -0.05) is 6.92 Å². The van der Waals surface area contributed by atoms with Crippen LogP contribution in [0.5, 0.6) is 11.5 Å². The van der Waals surface area contributed by atoms with Gasteiger partial charge in [-0.25, -0.2) is 9.78 Å². The molecular formula is C31H33N3O8. The monoisotopic (exact) mass is 577 g/mol. The number of carbonyl (C=O) groups is 2. The van der Waals surface area contributed by atoms with Gasteiger partial charge in [0, 0.05) is 29.1 Å². The Morgan fingerprint density at radius 2 is 1.95 bits per heavy atom. The lowest BCUT2D eigenvalue weighted by molar-refractivity contribution is -0.172. The Bertz CT molecular complexity index is 1830. The third-order valence-corrected chi connectivity index (χ3v) is 8.40. The Morgan fingerprint density at radius 3 is 2.64 bits per heavy atom. The lowest BCUT2D eigenvalue weighted by Gasteiger charge is -2.31. The zero-order valence-electron chi connectivity index (χ0n) is 25.8. The van der Waals surface area contributed by atoms with Crippen LogP contribution in [0, 0.1) is 5.92 Å². The van der Waals surface area contributed by atoms with Crippen molar-refractivity contribution in [3.63, 3.8) is 0 Å². The standard InChI is InChI=1S/C31H33N3O8/c1-5-31(38)20-9-22-25-18(12-34(22)28(36)19(20)13-39-29(31)37)17(16-8-23-24(41-14-40-23)10-21(16)33-25)11-32-27(35)26(15-6-7-15)42-30(2,3)4/h8-10,15,26,38H,5-7,11-14H2,1-4H3,(H,32,35)/t26?,31-/m0/s1/i14D2. The predicted molar refractivity (Wildman–Crippen MR) is 150 cm³/mol. The van der Waals surface area contributed by atoms with E-state index in [9.17, 15) is 19.5 Å². The summed E-state index contributed by atoms with van der Waals surface area (Å²) in [5.74, 6) is -0.557. The van der Waals surface area contributed by atoms with Crippen LogP contribution >= 0.6 is 0 Å². The van der Waals surface area contributed by atoms with Crippen molar-refractivity contribution in [3.05, 3.63) is 50.8 Å². The fourth-order valence-electron chi connectivity index (χ4n) is 6.06. The molecule has 4 aliphatic rings. The molecule has 11 heteroatoms. The molecule has 1 fully saturated rings. The molecule has 0 saturated heterocycles. The molecule has 11 nitrogen and oxygen atoms in total. The first-order chi connectivity index (χ1) is 20.7. The number of benzene rings is 1. The number of cyclic esters (lactones) is 1. The van der Waals surface area contributed by atoms with Gasteiger partial charge >= 0.3 is 5.97 Å². The van der Waals surface area contributed by atoms with E-state index in [1.165, 1.54) is 4.57 Å². The van der Waals surface area contributed by atoms with Crippen molar-refractivity contribution in [1.29, 1.82) is 0 Å². The lowest BCUT2D eigenvalue weighted by atomic mass is 9.86. The van der Waals surface area contributed by atoms with Gasteiger partial charge in [0.2, 0.25) is 12.7 Å². The minimum atomic E-state index is -2.35. The molecule has 2 atom stereocenters. The van der Waals surface area contributed by atoms with E-state index in [4.69, 9.17) is 26.7 Å². The number of aromatic nitrogens is 2. The van der Waals surface area contributed by atoms with E-state index in [0.29, 0.717) is 33.4 Å². The van der Waals surface area contributed by atoms with Crippen molar-refractivity contribution in [1.82, 2.24) is 14.9 Å². The van der Waals surface area contributed by atoms with E-state index in [2.05, 4.69) is 5.32 Å². The van der Waals surface area contributed by atoms with E-state index in [1.807, 2.05) is 20.8 Å². The maximum atomic E-state index is 13.8. The van der Waals surface area contributed by atoms with E-state index in [0.717, 1.165) is 12.8 Å². The van der Waals surface area contributed by atoms with Crippen molar-refractivity contribution < 1.29 is 36.4 Å². The van der Waals surface area contributed by atoms with E-state index < -0.39 is 35.6 Å². The van der Waals surface area contributed by atoms with Crippen LogP contribution in [0.1, 0.15) is 72.0 Å². The molecule has 1 amide bonds. The van der Waals surface area contributed by atoms with Crippen LogP contribution in [0.25, 0.3) is 22.3 Å². The van der Waals surface area contributed by atoms with Crippen molar-refractivity contribution in [2.75, 3.05) is 6.75 Å². The van der Waals surface area contributed by atoms with Gasteiger partial charge in [-0.05, 0) is 63.6 Å². The number of carbonyl (C=O) groups excluding carboxylic acids is 2. The van der Waals surface area contributed by atoms with Crippen molar-refractivity contribution >= 4 is 22.8 Å². The Labute approximate surface area is 244 Å². The average molecular weight is 578 g/mol. The molecular weight excluding hydrogens is 542 g/mol. The number of rotatable bonds is 6. The van der Waals surface area contributed by atoms with Gasteiger partial charge in [0.05, 0.1) is 34.6 Å². The zero-order valence-corrected chi connectivity index (χ0v) is 23.8. The SMILES string of the molecule is [2H]C1([2H])Oc2cc3nc4c(c(CNC(=O)C(OC(C)(C)C)C5CC5)c3cc2O1)Cn1c-4cc2c(c1=O)COC(=O)[C@]2(O)CC. The number of esters is 1. The molecule has 1 saturated carbocycles. The molecule has 7 rings (SSSR count). The summed E-state index contributed by atoms with van der Waals surface area (Å²) in [5.41, 5.74) is 0.159. The van der Waals surface area contributed by atoms with Crippen LogP contribution in [0.15, 0.2) is 23.0 Å². The molecule has 42 heavy (non-hydrogen) atoms. The van der Waals surface area contributed by atoms with Crippen molar-refractivity contribution in [2.24, 2.45) is 5.92 Å². The van der Waals surface area contributed by atoms with Crippen LogP contribution in [0.2, 0.25) is 0 Å². The topological polar surface area (TPSA) is 138 Å². The average Bonchev–Trinajstić information content (AvgIpc) is 3.66. The van der Waals surface area contributed by atoms with Crippen LogP contribution < -0.4 is 20.3 Å². The summed E-state index contributed by atoms with van der Waals surface area (Å²) in [7, 11) is 0. The maximum Gasteiger partial charge on any atom is 0.343 e. The number of hydrogen-bond acceptors (Lipinski definition) is 9. The normalized spacial score (nSPS) is 22.9. The number of fused-ring (bicyclic) bond motifs is 6. The highest BCUT2D eigenvalue weighted by Gasteiger charge is 2.46. The highest BCUT2D eigenvalue weighted by molar-refractivity contribution is 5.92. The summed E-state index contributed by atoms with van der Waals surface area (Å²) in [4.78, 5) is 44.7. The molecule has 220 valence electrons. The fraction of sp³-hybridized carbons (Fsp3) is 0.484. The molecule has 0 radical (unpaired) electrons. The summed E-state index contributed by atoms with van der Waals surface area (Å²) in [6, 6.07) is 4.82. The van der Waals surface area contributed by atoms with Gasteiger partial charge in [0.15, 0.2) is 17.1 Å². The van der Waals surface area contributed by atoms with Crippen molar-refractivity contribution in [3.8, 4) is 22.9 Å². The van der Waals surface area contributed by atoms with Gasteiger partial charge in [0.25, 0.3) is 5.56 Å². The molecule has 3 aliphatic heterocycles. The smallest absolute Gasteiger partial charge is 0.343 e. The Kier molecular flexibility index (Phi) is 5.43. The number of aliphatic hydroxyl groups is 1. The van der Waals surface area contributed by atoms with Crippen LogP contribution in [-0.4, -0.2) is 45.0 Å². The first-order valence-corrected chi connectivity index (χ1v) is 14.2. The summed E-state index contributed by atoms with van der Waals surface area (Å²) in [6.07, 6.45) is 1.22. The third kappa shape index (κ3) is 4.17. The fourth-order valence-corrected chi connectivity index (χ4v) is 6.06.